The van der Waals surface area contributed by atoms with Gasteiger partial charge in [-0.15, -0.1) is 11.3 Å². The van der Waals surface area contributed by atoms with Gasteiger partial charge in [0.25, 0.3) is 5.91 Å². The highest BCUT2D eigenvalue weighted by molar-refractivity contribution is 7.13. The van der Waals surface area contributed by atoms with Crippen molar-refractivity contribution in [1.29, 1.82) is 0 Å². The normalized spacial score (nSPS) is 11.5. The summed E-state index contributed by atoms with van der Waals surface area (Å²) >= 11 is 1.41. The molecule has 1 heterocycles. The first kappa shape index (κ1) is 16.6. The van der Waals surface area contributed by atoms with Crippen molar-refractivity contribution in [2.24, 2.45) is 5.92 Å². The Morgan fingerprint density at radius 2 is 1.85 bits per heavy atom. The molecule has 1 aromatic heterocycles. The molecule has 0 aliphatic heterocycles. The Balaban J connectivity index is 2.40. The summed E-state index contributed by atoms with van der Waals surface area (Å²) in [5, 5.41) is 6.47. The van der Waals surface area contributed by atoms with Gasteiger partial charge in [-0.25, -0.2) is 4.98 Å². The predicted molar refractivity (Wildman–Crippen MR) is 81.0 cm³/mol. The fraction of sp³-hybridized carbons (Fsp3) is 0.643. The molecule has 1 aromatic rings. The monoisotopic (exact) mass is 297 g/mol. The Hall–Kier alpha value is -1.43. The van der Waals surface area contributed by atoms with Crippen molar-refractivity contribution in [3.63, 3.8) is 0 Å². The van der Waals surface area contributed by atoms with Crippen LogP contribution in [0.4, 0.5) is 0 Å². The molecule has 0 spiro atoms. The summed E-state index contributed by atoms with van der Waals surface area (Å²) in [4.78, 5) is 28.1. The minimum Gasteiger partial charge on any atom is -0.354 e. The molecule has 0 aliphatic rings. The highest BCUT2D eigenvalue weighted by Gasteiger charge is 2.20. The van der Waals surface area contributed by atoms with E-state index >= 15 is 0 Å². The summed E-state index contributed by atoms with van der Waals surface area (Å²) in [5.74, 6) is -0.189. The summed E-state index contributed by atoms with van der Waals surface area (Å²) in [6.07, 6.45) is 1.60. The summed E-state index contributed by atoms with van der Waals surface area (Å²) in [6, 6.07) is 0. The first-order valence-electron chi connectivity index (χ1n) is 6.74. The largest absolute Gasteiger partial charge is 0.354 e. The molecule has 0 aliphatic carbocycles. The molecule has 0 bridgehead atoms. The van der Waals surface area contributed by atoms with Gasteiger partial charge in [0.2, 0.25) is 5.91 Å². The molecule has 0 atom stereocenters. The second-order valence-corrected chi connectivity index (χ2v) is 7.01. The van der Waals surface area contributed by atoms with Crippen LogP contribution in [-0.4, -0.2) is 29.9 Å². The molecule has 20 heavy (non-hydrogen) atoms. The van der Waals surface area contributed by atoms with E-state index in [2.05, 4.69) is 36.4 Å². The van der Waals surface area contributed by atoms with E-state index in [-0.39, 0.29) is 23.1 Å². The van der Waals surface area contributed by atoms with Crippen LogP contribution in [0, 0.1) is 5.92 Å². The maximum atomic E-state index is 11.9. The van der Waals surface area contributed by atoms with Crippen LogP contribution < -0.4 is 10.6 Å². The summed E-state index contributed by atoms with van der Waals surface area (Å²) in [6.45, 7) is 10.7. The van der Waals surface area contributed by atoms with Crippen molar-refractivity contribution < 1.29 is 9.59 Å². The average molecular weight is 297 g/mol. The van der Waals surface area contributed by atoms with E-state index < -0.39 is 0 Å². The summed E-state index contributed by atoms with van der Waals surface area (Å²) < 4.78 is 0. The number of aromatic nitrogens is 1. The molecule has 5 nitrogen and oxygen atoms in total. The Morgan fingerprint density at radius 3 is 2.35 bits per heavy atom. The zero-order chi connectivity index (χ0) is 15.3. The molecule has 0 radical (unpaired) electrons. The van der Waals surface area contributed by atoms with Crippen LogP contribution in [0.25, 0.3) is 0 Å². The van der Waals surface area contributed by atoms with Crippen molar-refractivity contribution in [2.75, 3.05) is 13.1 Å². The molecule has 112 valence electrons. The highest BCUT2D eigenvalue weighted by atomic mass is 32.1. The van der Waals surface area contributed by atoms with Gasteiger partial charge in [-0.2, -0.15) is 0 Å². The van der Waals surface area contributed by atoms with Gasteiger partial charge in [-0.05, 0) is 0 Å². The third kappa shape index (κ3) is 4.92. The van der Waals surface area contributed by atoms with Crippen molar-refractivity contribution in [3.05, 3.63) is 16.1 Å². The van der Waals surface area contributed by atoms with E-state index in [4.69, 9.17) is 0 Å². The quantitative estimate of drug-likeness (QED) is 0.816. The van der Waals surface area contributed by atoms with Gasteiger partial charge < -0.3 is 10.6 Å². The van der Waals surface area contributed by atoms with Crippen LogP contribution in [-0.2, 0) is 10.2 Å². The zero-order valence-corrected chi connectivity index (χ0v) is 13.6. The van der Waals surface area contributed by atoms with E-state index in [1.54, 1.807) is 6.20 Å². The number of thiazole rings is 1. The van der Waals surface area contributed by atoms with Crippen molar-refractivity contribution in [1.82, 2.24) is 15.6 Å². The molecule has 2 amide bonds. The molecule has 1 rings (SSSR count). The van der Waals surface area contributed by atoms with E-state index in [0.29, 0.717) is 18.0 Å². The highest BCUT2D eigenvalue weighted by Crippen LogP contribution is 2.26. The molecule has 0 saturated carbocycles. The number of amides is 2. The third-order valence-electron chi connectivity index (χ3n) is 2.61. The van der Waals surface area contributed by atoms with Crippen molar-refractivity contribution >= 4 is 23.2 Å². The molecule has 2 N–H and O–H groups in total. The molecular weight excluding hydrogens is 274 g/mol. The van der Waals surface area contributed by atoms with Gasteiger partial charge in [0.1, 0.15) is 4.88 Å². The third-order valence-corrected chi connectivity index (χ3v) is 4.03. The van der Waals surface area contributed by atoms with Crippen LogP contribution in [0.1, 0.15) is 49.3 Å². The van der Waals surface area contributed by atoms with Crippen LogP contribution >= 0.6 is 11.3 Å². The Labute approximate surface area is 124 Å². The van der Waals surface area contributed by atoms with E-state index in [1.807, 2.05) is 13.8 Å². The zero-order valence-electron chi connectivity index (χ0n) is 12.7. The lowest BCUT2D eigenvalue weighted by Crippen LogP contribution is -2.36. The Morgan fingerprint density at radius 1 is 1.25 bits per heavy atom. The molecule has 0 aromatic carbocycles. The maximum absolute atomic E-state index is 11.9. The predicted octanol–water partition coefficient (Wildman–Crippen LogP) is 1.94. The fourth-order valence-corrected chi connectivity index (χ4v) is 2.27. The van der Waals surface area contributed by atoms with Gasteiger partial charge in [-0.1, -0.05) is 34.6 Å². The van der Waals surface area contributed by atoms with Crippen molar-refractivity contribution in [3.8, 4) is 0 Å². The van der Waals surface area contributed by atoms with E-state index in [0.717, 1.165) is 5.01 Å². The number of hydrogen-bond donors (Lipinski definition) is 2. The number of carbonyl (C=O) groups is 2. The average Bonchev–Trinajstić information content (AvgIpc) is 2.83. The summed E-state index contributed by atoms with van der Waals surface area (Å²) in [5.41, 5.74) is -0.0472. The van der Waals surface area contributed by atoms with Gasteiger partial charge in [-0.3, -0.25) is 9.59 Å². The number of nitrogens with one attached hydrogen (secondary N) is 2. The first-order valence-corrected chi connectivity index (χ1v) is 7.55. The second-order valence-electron chi connectivity index (χ2n) is 5.98. The number of carbonyl (C=O) groups excluding carboxylic acids is 2. The SMILES string of the molecule is CC(C)C(=O)NCCNC(=O)c1cnc(C(C)(C)C)s1. The number of hydrogen-bond acceptors (Lipinski definition) is 4. The topological polar surface area (TPSA) is 71.1 Å². The number of rotatable bonds is 5. The number of nitrogens with zero attached hydrogens (tertiary/aromatic N) is 1. The lowest BCUT2D eigenvalue weighted by molar-refractivity contribution is -0.123. The molecule has 6 heteroatoms. The second kappa shape index (κ2) is 6.83. The molecule has 0 unspecified atom stereocenters. The van der Waals surface area contributed by atoms with Crippen LogP contribution in [0.2, 0.25) is 0 Å². The smallest absolute Gasteiger partial charge is 0.263 e. The lowest BCUT2D eigenvalue weighted by Gasteiger charge is -2.13. The lowest BCUT2D eigenvalue weighted by atomic mass is 9.98. The van der Waals surface area contributed by atoms with Crippen molar-refractivity contribution in [2.45, 2.75) is 40.0 Å². The molecule has 0 fully saturated rings. The van der Waals surface area contributed by atoms with E-state index in [9.17, 15) is 9.59 Å². The fourth-order valence-electron chi connectivity index (χ4n) is 1.38. The van der Waals surface area contributed by atoms with Crippen LogP contribution in [0.15, 0.2) is 6.20 Å². The van der Waals surface area contributed by atoms with Gasteiger partial charge in [0, 0.05) is 24.4 Å². The van der Waals surface area contributed by atoms with Gasteiger partial charge in [0.15, 0.2) is 0 Å². The Kier molecular flexibility index (Phi) is 5.68. The van der Waals surface area contributed by atoms with Gasteiger partial charge >= 0.3 is 0 Å². The Bertz CT molecular complexity index is 475. The summed E-state index contributed by atoms with van der Waals surface area (Å²) in [7, 11) is 0. The minimum absolute atomic E-state index is 0.00735. The molecular formula is C14H23N3O2S. The van der Waals surface area contributed by atoms with Crippen LogP contribution in [0.5, 0.6) is 0 Å². The first-order chi connectivity index (χ1) is 9.21. The van der Waals surface area contributed by atoms with Crippen LogP contribution in [0.3, 0.4) is 0 Å². The minimum atomic E-state index is -0.142. The standard InChI is InChI=1S/C14H23N3O2S/c1-9(2)11(18)15-6-7-16-12(19)10-8-17-13(20-10)14(3,4)5/h8-9H,6-7H2,1-5H3,(H,15,18)(H,16,19). The maximum Gasteiger partial charge on any atom is 0.263 e. The molecule has 0 saturated heterocycles. The van der Waals surface area contributed by atoms with E-state index in [1.165, 1.54) is 11.3 Å². The van der Waals surface area contributed by atoms with Gasteiger partial charge in [0.05, 0.1) is 11.2 Å².